The highest BCUT2D eigenvalue weighted by Gasteiger charge is 2.33. The highest BCUT2D eigenvalue weighted by Crippen LogP contribution is 2.34. The van der Waals surface area contributed by atoms with E-state index in [0.29, 0.717) is 13.0 Å². The van der Waals surface area contributed by atoms with Gasteiger partial charge < -0.3 is 35.7 Å². The van der Waals surface area contributed by atoms with Crippen molar-refractivity contribution in [1.29, 1.82) is 0 Å². The quantitative estimate of drug-likeness (QED) is 0.309. The van der Waals surface area contributed by atoms with Gasteiger partial charge in [-0.05, 0) is 31.9 Å². The predicted molar refractivity (Wildman–Crippen MR) is 97.8 cm³/mol. The molecule has 0 aliphatic carbocycles. The average Bonchev–Trinajstić information content (AvgIpc) is 3.07. The normalized spacial score (nSPS) is 15.2. The molecule has 0 N–H and O–H groups in total. The minimum atomic E-state index is -0.0788. The van der Waals surface area contributed by atoms with Crippen molar-refractivity contribution in [3.05, 3.63) is 23.8 Å². The molecule has 0 spiro atoms. The van der Waals surface area contributed by atoms with E-state index in [1.165, 1.54) is 31.5 Å². The number of methoxy groups -OCH3 is 2. The molecule has 1 aromatic rings. The van der Waals surface area contributed by atoms with E-state index in [2.05, 4.69) is 6.07 Å². The first-order valence-corrected chi connectivity index (χ1v) is 9.34. The third-order valence-corrected chi connectivity index (χ3v) is 5.07. The fourth-order valence-corrected chi connectivity index (χ4v) is 3.86. The molecule has 5 nitrogen and oxygen atoms in total. The Bertz CT molecular complexity index is 559. The molecular formula is C20H32BrNO4. The molecule has 1 fully saturated rings. The number of quaternary nitrogens is 1. The Morgan fingerprint density at radius 2 is 1.85 bits per heavy atom. The predicted octanol–water partition coefficient (Wildman–Crippen LogP) is 0.552. The fraction of sp³-hybridized carbons (Fsp3) is 0.650. The van der Waals surface area contributed by atoms with Crippen LogP contribution in [-0.2, 0) is 16.1 Å². The monoisotopic (exact) mass is 429 g/mol. The maximum Gasteiger partial charge on any atom is 0.305 e. The van der Waals surface area contributed by atoms with Crippen LogP contribution >= 0.6 is 0 Å². The Morgan fingerprint density at radius 3 is 2.46 bits per heavy atom. The van der Waals surface area contributed by atoms with Crippen LogP contribution in [0, 0.1) is 0 Å². The van der Waals surface area contributed by atoms with E-state index in [4.69, 9.17) is 14.2 Å². The number of ether oxygens (including phenoxy) is 3. The van der Waals surface area contributed by atoms with Crippen LogP contribution in [0.1, 0.15) is 44.6 Å². The molecule has 0 bridgehead atoms. The van der Waals surface area contributed by atoms with Gasteiger partial charge in [-0.1, -0.05) is 6.07 Å². The first-order chi connectivity index (χ1) is 12.1. The SMILES string of the molecule is CCOC(=O)CCCC[N+]1(Cc2cccc(OC)c2OC)CCCC1.[Br-]. The van der Waals surface area contributed by atoms with Crippen molar-refractivity contribution in [2.75, 3.05) is 40.5 Å². The molecule has 26 heavy (non-hydrogen) atoms. The Morgan fingerprint density at radius 1 is 1.12 bits per heavy atom. The van der Waals surface area contributed by atoms with Gasteiger partial charge in [0.1, 0.15) is 6.54 Å². The van der Waals surface area contributed by atoms with E-state index in [9.17, 15) is 4.79 Å². The summed E-state index contributed by atoms with van der Waals surface area (Å²) in [5.74, 6) is 1.56. The summed E-state index contributed by atoms with van der Waals surface area (Å²) in [6.45, 7) is 6.76. The van der Waals surface area contributed by atoms with Crippen molar-refractivity contribution in [3.8, 4) is 11.5 Å². The zero-order chi connectivity index (χ0) is 18.1. The number of para-hydroxylation sites is 1. The fourth-order valence-electron chi connectivity index (χ4n) is 3.86. The van der Waals surface area contributed by atoms with Gasteiger partial charge in [-0.15, -0.1) is 0 Å². The van der Waals surface area contributed by atoms with Gasteiger partial charge in [0.25, 0.3) is 0 Å². The van der Waals surface area contributed by atoms with Crippen LogP contribution in [0.3, 0.4) is 0 Å². The lowest BCUT2D eigenvalue weighted by molar-refractivity contribution is -0.930. The third-order valence-electron chi connectivity index (χ3n) is 5.07. The molecule has 0 saturated carbocycles. The van der Waals surface area contributed by atoms with Crippen molar-refractivity contribution in [3.63, 3.8) is 0 Å². The van der Waals surface area contributed by atoms with Gasteiger partial charge >= 0.3 is 5.97 Å². The van der Waals surface area contributed by atoms with Crippen LogP contribution in [-0.4, -0.2) is 50.9 Å². The van der Waals surface area contributed by atoms with Gasteiger partial charge in [-0.3, -0.25) is 4.79 Å². The van der Waals surface area contributed by atoms with Gasteiger partial charge in [-0.2, -0.15) is 0 Å². The van der Waals surface area contributed by atoms with Crippen molar-refractivity contribution in [2.45, 2.75) is 45.6 Å². The summed E-state index contributed by atoms with van der Waals surface area (Å²) < 4.78 is 17.1. The van der Waals surface area contributed by atoms with E-state index in [1.54, 1.807) is 14.2 Å². The van der Waals surface area contributed by atoms with E-state index < -0.39 is 0 Å². The Labute approximate surface area is 168 Å². The molecule has 0 aromatic heterocycles. The average molecular weight is 430 g/mol. The molecule has 1 aliphatic rings. The summed E-state index contributed by atoms with van der Waals surface area (Å²) in [5.41, 5.74) is 1.20. The van der Waals surface area contributed by atoms with Gasteiger partial charge in [0.05, 0.1) is 46.0 Å². The van der Waals surface area contributed by atoms with Gasteiger partial charge in [-0.25, -0.2) is 0 Å². The highest BCUT2D eigenvalue weighted by molar-refractivity contribution is 5.69. The summed E-state index contributed by atoms with van der Waals surface area (Å²) in [6.07, 6.45) is 5.00. The Kier molecular flexibility index (Phi) is 10.0. The number of unbranched alkanes of at least 4 members (excludes halogenated alkanes) is 1. The number of carbonyl (C=O) groups excluding carboxylic acids is 1. The summed E-state index contributed by atoms with van der Waals surface area (Å²) >= 11 is 0. The van der Waals surface area contributed by atoms with Crippen molar-refractivity contribution in [2.24, 2.45) is 0 Å². The number of halogens is 1. The number of esters is 1. The summed E-state index contributed by atoms with van der Waals surface area (Å²) in [7, 11) is 3.38. The molecule has 1 aromatic carbocycles. The Balaban J connectivity index is 0.00000338. The van der Waals surface area contributed by atoms with Crippen molar-refractivity contribution < 1.29 is 40.5 Å². The molecule has 0 amide bonds. The number of benzene rings is 1. The maximum atomic E-state index is 11.5. The lowest BCUT2D eigenvalue weighted by Gasteiger charge is -2.35. The van der Waals surface area contributed by atoms with Crippen LogP contribution in [0.2, 0.25) is 0 Å². The number of hydrogen-bond donors (Lipinski definition) is 0. The van der Waals surface area contributed by atoms with Gasteiger partial charge in [0, 0.05) is 19.3 Å². The zero-order valence-corrected chi connectivity index (χ0v) is 17.8. The lowest BCUT2D eigenvalue weighted by atomic mass is 10.1. The number of carbonyl (C=O) groups is 1. The number of rotatable bonds is 10. The molecule has 1 heterocycles. The first kappa shape index (κ1) is 22.8. The maximum absolute atomic E-state index is 11.5. The molecule has 0 unspecified atom stereocenters. The summed E-state index contributed by atoms with van der Waals surface area (Å²) in [6, 6.07) is 6.11. The molecule has 0 radical (unpaired) electrons. The van der Waals surface area contributed by atoms with Gasteiger partial charge in [0.2, 0.25) is 0 Å². The number of likely N-dealkylation sites (tertiary alicyclic amines) is 1. The molecule has 2 rings (SSSR count). The molecule has 6 heteroatoms. The minimum Gasteiger partial charge on any atom is -1.00 e. The second-order valence-electron chi connectivity index (χ2n) is 6.79. The second kappa shape index (κ2) is 11.4. The van der Waals surface area contributed by atoms with Crippen LogP contribution in [0.15, 0.2) is 18.2 Å². The molecule has 148 valence electrons. The van der Waals surface area contributed by atoms with E-state index in [0.717, 1.165) is 41.9 Å². The topological polar surface area (TPSA) is 44.8 Å². The van der Waals surface area contributed by atoms with Gasteiger partial charge in [0.15, 0.2) is 11.5 Å². The highest BCUT2D eigenvalue weighted by atomic mass is 79.9. The minimum absolute atomic E-state index is 0. The largest absolute Gasteiger partial charge is 1.00 e. The summed E-state index contributed by atoms with van der Waals surface area (Å²) in [4.78, 5) is 11.5. The smallest absolute Gasteiger partial charge is 0.305 e. The molecule has 1 aliphatic heterocycles. The first-order valence-electron chi connectivity index (χ1n) is 9.34. The second-order valence-corrected chi connectivity index (χ2v) is 6.79. The standard InChI is InChI=1S/C20H32NO4.BrH/c1-4-25-19(22)12-5-6-13-21(14-7-8-15-21)16-17-10-9-11-18(23-2)20(17)24-3;/h9-11H,4-8,12-16H2,1-3H3;1H/q+1;/p-1. The zero-order valence-electron chi connectivity index (χ0n) is 16.3. The summed E-state index contributed by atoms with van der Waals surface area (Å²) in [5, 5.41) is 0. The van der Waals surface area contributed by atoms with E-state index in [1.807, 2.05) is 19.1 Å². The van der Waals surface area contributed by atoms with Crippen LogP contribution < -0.4 is 26.5 Å². The third kappa shape index (κ3) is 6.16. The number of hydrogen-bond acceptors (Lipinski definition) is 4. The van der Waals surface area contributed by atoms with Crippen LogP contribution in [0.25, 0.3) is 0 Å². The van der Waals surface area contributed by atoms with Crippen LogP contribution in [0.5, 0.6) is 11.5 Å². The molecule has 0 atom stereocenters. The van der Waals surface area contributed by atoms with Crippen molar-refractivity contribution >= 4 is 5.97 Å². The molecular weight excluding hydrogens is 398 g/mol. The van der Waals surface area contributed by atoms with Crippen molar-refractivity contribution in [1.82, 2.24) is 0 Å². The van der Waals surface area contributed by atoms with E-state index in [-0.39, 0.29) is 23.0 Å². The number of nitrogens with zero attached hydrogens (tertiary/aromatic N) is 1. The Hall–Kier alpha value is -1.27. The lowest BCUT2D eigenvalue weighted by Crippen LogP contribution is -3.00. The molecule has 1 saturated heterocycles. The van der Waals surface area contributed by atoms with Crippen LogP contribution in [0.4, 0.5) is 0 Å². The van der Waals surface area contributed by atoms with E-state index >= 15 is 0 Å².